The number of nitrogens with zero attached hydrogens (tertiary/aromatic N) is 1. The summed E-state index contributed by atoms with van der Waals surface area (Å²) in [6.07, 6.45) is -0.429. The summed E-state index contributed by atoms with van der Waals surface area (Å²) in [6.45, 7) is 1.07. The molecule has 0 radical (unpaired) electrons. The van der Waals surface area contributed by atoms with E-state index in [2.05, 4.69) is 5.32 Å². The molecule has 5 heteroatoms. The summed E-state index contributed by atoms with van der Waals surface area (Å²) in [4.78, 5) is 1.93. The van der Waals surface area contributed by atoms with Gasteiger partial charge in [0, 0.05) is 18.1 Å². The van der Waals surface area contributed by atoms with Crippen molar-refractivity contribution >= 4 is 28.9 Å². The fourth-order valence-electron chi connectivity index (χ4n) is 1.35. The number of nitrogens with one attached hydrogen (secondary N) is 1. The molecule has 0 fully saturated rings. The molecule has 3 nitrogen and oxygen atoms in total. The Morgan fingerprint density at radius 2 is 2.06 bits per heavy atom. The van der Waals surface area contributed by atoms with Gasteiger partial charge in [0.05, 0.1) is 16.8 Å². The van der Waals surface area contributed by atoms with Crippen LogP contribution in [0.1, 0.15) is 0 Å². The Morgan fingerprint density at radius 3 is 2.62 bits per heavy atom. The molecule has 0 aliphatic heterocycles. The molecular formula is C11H16Cl2N2O. The highest BCUT2D eigenvalue weighted by atomic mass is 35.5. The summed E-state index contributed by atoms with van der Waals surface area (Å²) in [5, 5.41) is 13.9. The highest BCUT2D eigenvalue weighted by Crippen LogP contribution is 2.25. The predicted octanol–water partition coefficient (Wildman–Crippen LogP) is 2.33. The van der Waals surface area contributed by atoms with Crippen molar-refractivity contribution in [2.45, 2.75) is 6.10 Å². The second-order valence-electron chi connectivity index (χ2n) is 3.92. The van der Waals surface area contributed by atoms with Crippen LogP contribution in [0.25, 0.3) is 0 Å². The van der Waals surface area contributed by atoms with E-state index >= 15 is 0 Å². The molecule has 0 aromatic heterocycles. The molecular weight excluding hydrogens is 247 g/mol. The number of rotatable bonds is 5. The van der Waals surface area contributed by atoms with Gasteiger partial charge in [-0.25, -0.2) is 0 Å². The Hall–Kier alpha value is -0.480. The fourth-order valence-corrected chi connectivity index (χ4v) is 1.82. The molecule has 1 aromatic rings. The lowest BCUT2D eigenvalue weighted by Crippen LogP contribution is -2.31. The van der Waals surface area contributed by atoms with Crippen LogP contribution in [0.3, 0.4) is 0 Å². The lowest BCUT2D eigenvalue weighted by Gasteiger charge is -2.17. The van der Waals surface area contributed by atoms with Crippen molar-refractivity contribution in [1.29, 1.82) is 0 Å². The molecule has 0 aliphatic carbocycles. The number of anilines is 1. The third-order valence-electron chi connectivity index (χ3n) is 2.04. The third kappa shape index (κ3) is 4.58. The van der Waals surface area contributed by atoms with Crippen molar-refractivity contribution in [3.8, 4) is 0 Å². The summed E-state index contributed by atoms with van der Waals surface area (Å²) in [5.41, 5.74) is 0.781. The molecule has 1 unspecified atom stereocenters. The van der Waals surface area contributed by atoms with E-state index in [1.807, 2.05) is 19.0 Å². The van der Waals surface area contributed by atoms with Gasteiger partial charge in [0.2, 0.25) is 0 Å². The number of aliphatic hydroxyl groups is 1. The Morgan fingerprint density at radius 1 is 1.38 bits per heavy atom. The minimum Gasteiger partial charge on any atom is -0.390 e. The average molecular weight is 263 g/mol. The smallest absolute Gasteiger partial charge is 0.0838 e. The average Bonchev–Trinajstić information content (AvgIpc) is 2.15. The molecule has 1 rings (SSSR count). The van der Waals surface area contributed by atoms with E-state index in [1.165, 1.54) is 0 Å². The monoisotopic (exact) mass is 262 g/mol. The largest absolute Gasteiger partial charge is 0.390 e. The summed E-state index contributed by atoms with van der Waals surface area (Å²) >= 11 is 11.8. The number of likely N-dealkylation sites (N-methyl/N-ethyl adjacent to an activating group) is 1. The predicted molar refractivity (Wildman–Crippen MR) is 69.5 cm³/mol. The van der Waals surface area contributed by atoms with Gasteiger partial charge in [-0.3, -0.25) is 0 Å². The van der Waals surface area contributed by atoms with E-state index < -0.39 is 6.10 Å². The topological polar surface area (TPSA) is 35.5 Å². The molecule has 0 aliphatic rings. The zero-order chi connectivity index (χ0) is 12.1. The van der Waals surface area contributed by atoms with E-state index in [0.29, 0.717) is 23.1 Å². The van der Waals surface area contributed by atoms with Gasteiger partial charge in [0.1, 0.15) is 0 Å². The van der Waals surface area contributed by atoms with Crippen LogP contribution in [-0.2, 0) is 0 Å². The van der Waals surface area contributed by atoms with Crippen LogP contribution in [0.15, 0.2) is 18.2 Å². The number of hydrogen-bond donors (Lipinski definition) is 2. The van der Waals surface area contributed by atoms with Gasteiger partial charge in [-0.15, -0.1) is 0 Å². The van der Waals surface area contributed by atoms with Gasteiger partial charge in [0.25, 0.3) is 0 Å². The van der Waals surface area contributed by atoms with Crippen molar-refractivity contribution < 1.29 is 5.11 Å². The Kier molecular flexibility index (Phi) is 5.35. The second-order valence-corrected chi connectivity index (χ2v) is 4.76. The Labute approximate surface area is 106 Å². The quantitative estimate of drug-likeness (QED) is 0.855. The first-order chi connectivity index (χ1) is 7.49. The third-order valence-corrected chi connectivity index (χ3v) is 2.58. The van der Waals surface area contributed by atoms with Gasteiger partial charge in [-0.1, -0.05) is 23.2 Å². The minimum atomic E-state index is -0.429. The van der Waals surface area contributed by atoms with Crippen LogP contribution >= 0.6 is 23.2 Å². The molecule has 1 atom stereocenters. The zero-order valence-electron chi connectivity index (χ0n) is 9.37. The number of benzene rings is 1. The van der Waals surface area contributed by atoms with E-state index in [1.54, 1.807) is 18.2 Å². The second kappa shape index (κ2) is 6.30. The van der Waals surface area contributed by atoms with Crippen LogP contribution in [0.4, 0.5) is 5.69 Å². The van der Waals surface area contributed by atoms with Crippen molar-refractivity contribution in [1.82, 2.24) is 4.90 Å². The zero-order valence-corrected chi connectivity index (χ0v) is 10.9. The van der Waals surface area contributed by atoms with Crippen molar-refractivity contribution in [3.05, 3.63) is 28.2 Å². The first-order valence-corrected chi connectivity index (χ1v) is 5.76. The van der Waals surface area contributed by atoms with Crippen molar-refractivity contribution in [3.63, 3.8) is 0 Å². The molecule has 1 aromatic carbocycles. The van der Waals surface area contributed by atoms with Crippen molar-refractivity contribution in [2.24, 2.45) is 0 Å². The molecule has 16 heavy (non-hydrogen) atoms. The Balaban J connectivity index is 2.48. The van der Waals surface area contributed by atoms with Crippen molar-refractivity contribution in [2.75, 3.05) is 32.5 Å². The number of aliphatic hydroxyl groups excluding tert-OH is 1. The molecule has 0 saturated heterocycles. The van der Waals surface area contributed by atoms with Crippen LogP contribution in [-0.4, -0.2) is 43.3 Å². The maximum Gasteiger partial charge on any atom is 0.0838 e. The maximum absolute atomic E-state index is 9.65. The molecule has 0 saturated carbocycles. The van der Waals surface area contributed by atoms with Gasteiger partial charge in [-0.05, 0) is 32.3 Å². The van der Waals surface area contributed by atoms with Gasteiger partial charge < -0.3 is 15.3 Å². The lowest BCUT2D eigenvalue weighted by atomic mass is 10.3. The normalized spacial score (nSPS) is 12.9. The van der Waals surface area contributed by atoms with E-state index in [0.717, 1.165) is 5.69 Å². The Bertz CT molecular complexity index is 345. The summed E-state index contributed by atoms with van der Waals surface area (Å²) in [7, 11) is 3.83. The fraction of sp³-hybridized carbons (Fsp3) is 0.455. The van der Waals surface area contributed by atoms with Gasteiger partial charge >= 0.3 is 0 Å². The molecule has 2 N–H and O–H groups in total. The van der Waals surface area contributed by atoms with E-state index in [-0.39, 0.29) is 0 Å². The molecule has 90 valence electrons. The molecule has 0 heterocycles. The van der Waals surface area contributed by atoms with E-state index in [4.69, 9.17) is 23.2 Å². The first kappa shape index (κ1) is 13.6. The van der Waals surface area contributed by atoms with Crippen LogP contribution in [0, 0.1) is 0 Å². The highest BCUT2D eigenvalue weighted by Gasteiger charge is 2.06. The maximum atomic E-state index is 9.65. The summed E-state index contributed by atoms with van der Waals surface area (Å²) in [6, 6.07) is 5.23. The number of halogens is 2. The standard InChI is InChI=1S/C11H16Cl2N2O/c1-15(2)7-9(16)6-14-11-4-3-8(12)5-10(11)13/h3-5,9,14,16H,6-7H2,1-2H3. The summed E-state index contributed by atoms with van der Waals surface area (Å²) < 4.78 is 0. The highest BCUT2D eigenvalue weighted by molar-refractivity contribution is 6.36. The van der Waals surface area contributed by atoms with Crippen LogP contribution in [0.2, 0.25) is 10.0 Å². The number of hydrogen-bond acceptors (Lipinski definition) is 3. The lowest BCUT2D eigenvalue weighted by molar-refractivity contribution is 0.148. The summed E-state index contributed by atoms with van der Waals surface area (Å²) in [5.74, 6) is 0. The molecule has 0 amide bonds. The minimum absolute atomic E-state index is 0.429. The molecule has 0 spiro atoms. The first-order valence-electron chi connectivity index (χ1n) is 5.00. The van der Waals surface area contributed by atoms with E-state index in [9.17, 15) is 5.11 Å². The van der Waals surface area contributed by atoms with Gasteiger partial charge in [-0.2, -0.15) is 0 Å². The van der Waals surface area contributed by atoms with Crippen LogP contribution in [0.5, 0.6) is 0 Å². The molecule has 0 bridgehead atoms. The SMILES string of the molecule is CN(C)CC(O)CNc1ccc(Cl)cc1Cl. The van der Waals surface area contributed by atoms with Crippen LogP contribution < -0.4 is 5.32 Å². The van der Waals surface area contributed by atoms with Gasteiger partial charge in [0.15, 0.2) is 0 Å².